The number of thioether (sulfide) groups is 2. The number of nitrogens with one attached hydrogen (secondary N) is 1. The standard InChI is InChI=1S/C19H16ClN3OS2/c20-14-6-7-16-15(9-14)18(22-23-19-21-17(24)11-26-19)13(10-25-16)8-12-4-2-1-3-5-12/h1-7,9,13H,8,10-11H2,(H,21,23,24). The van der Waals surface area contributed by atoms with Crippen molar-refractivity contribution in [2.45, 2.75) is 11.3 Å². The zero-order valence-corrected chi connectivity index (χ0v) is 16.2. The number of carbonyl (C=O) groups excluding carboxylic acids is 1. The Bertz CT molecular complexity index is 899. The molecule has 0 bridgehead atoms. The second-order valence-electron chi connectivity index (χ2n) is 6.07. The molecule has 2 heterocycles. The molecule has 2 aromatic carbocycles. The van der Waals surface area contributed by atoms with Gasteiger partial charge in [0.1, 0.15) is 0 Å². The Kier molecular flexibility index (Phi) is 5.33. The zero-order chi connectivity index (χ0) is 17.9. The van der Waals surface area contributed by atoms with E-state index in [4.69, 9.17) is 11.6 Å². The van der Waals surface area contributed by atoms with Gasteiger partial charge in [-0.1, -0.05) is 53.7 Å². The van der Waals surface area contributed by atoms with Gasteiger partial charge in [0.05, 0.1) is 11.5 Å². The molecule has 0 aliphatic carbocycles. The van der Waals surface area contributed by atoms with E-state index in [0.717, 1.165) is 23.4 Å². The summed E-state index contributed by atoms with van der Waals surface area (Å²) in [5.74, 6) is 1.54. The molecule has 4 nitrogen and oxygen atoms in total. The molecule has 2 aromatic rings. The molecule has 7 heteroatoms. The first-order chi connectivity index (χ1) is 12.7. The van der Waals surface area contributed by atoms with E-state index in [1.165, 1.54) is 22.2 Å². The van der Waals surface area contributed by atoms with Crippen LogP contribution in [0.3, 0.4) is 0 Å². The fourth-order valence-electron chi connectivity index (χ4n) is 2.99. The highest BCUT2D eigenvalue weighted by molar-refractivity contribution is 8.15. The molecule has 1 saturated heterocycles. The van der Waals surface area contributed by atoms with E-state index in [0.29, 0.717) is 15.9 Å². The van der Waals surface area contributed by atoms with Crippen LogP contribution in [0.2, 0.25) is 5.02 Å². The predicted octanol–water partition coefficient (Wildman–Crippen LogP) is 4.23. The van der Waals surface area contributed by atoms with Gasteiger partial charge in [0.25, 0.3) is 0 Å². The first-order valence-corrected chi connectivity index (χ1v) is 10.6. The number of rotatable bonds is 3. The van der Waals surface area contributed by atoms with Crippen LogP contribution in [0.4, 0.5) is 0 Å². The van der Waals surface area contributed by atoms with Crippen molar-refractivity contribution in [2.75, 3.05) is 11.5 Å². The highest BCUT2D eigenvalue weighted by atomic mass is 35.5. The van der Waals surface area contributed by atoms with Crippen LogP contribution in [0.25, 0.3) is 0 Å². The molecule has 1 fully saturated rings. The minimum Gasteiger partial charge on any atom is -0.303 e. The Balaban J connectivity index is 1.70. The molecule has 0 radical (unpaired) electrons. The summed E-state index contributed by atoms with van der Waals surface area (Å²) in [5, 5.41) is 12.8. The highest BCUT2D eigenvalue weighted by Crippen LogP contribution is 2.36. The Morgan fingerprint density at radius 1 is 1.12 bits per heavy atom. The molecular weight excluding hydrogens is 386 g/mol. The van der Waals surface area contributed by atoms with Crippen molar-refractivity contribution < 1.29 is 4.79 Å². The van der Waals surface area contributed by atoms with Crippen molar-refractivity contribution in [1.29, 1.82) is 0 Å². The fourth-order valence-corrected chi connectivity index (χ4v) is 4.92. The first-order valence-electron chi connectivity index (χ1n) is 8.24. The minimum atomic E-state index is -0.0302. The molecule has 1 atom stereocenters. The SMILES string of the molecule is O=C1CSC(=NN=C2c3cc(Cl)ccc3SCC2Cc2ccccc2)N1. The second kappa shape index (κ2) is 7.86. The number of carbonyl (C=O) groups is 1. The summed E-state index contributed by atoms with van der Waals surface area (Å²) in [5.41, 5.74) is 3.24. The monoisotopic (exact) mass is 401 g/mol. The van der Waals surface area contributed by atoms with Crippen LogP contribution >= 0.6 is 35.1 Å². The average molecular weight is 402 g/mol. The van der Waals surface area contributed by atoms with Crippen LogP contribution < -0.4 is 5.32 Å². The molecule has 0 saturated carbocycles. The van der Waals surface area contributed by atoms with Crippen molar-refractivity contribution in [3.63, 3.8) is 0 Å². The largest absolute Gasteiger partial charge is 0.303 e. The molecule has 1 amide bonds. The van der Waals surface area contributed by atoms with Crippen molar-refractivity contribution in [2.24, 2.45) is 16.1 Å². The molecular formula is C19H16ClN3OS2. The van der Waals surface area contributed by atoms with E-state index in [1.54, 1.807) is 0 Å². The zero-order valence-electron chi connectivity index (χ0n) is 13.8. The van der Waals surface area contributed by atoms with Crippen molar-refractivity contribution in [3.05, 3.63) is 64.7 Å². The minimum absolute atomic E-state index is 0.0302. The summed E-state index contributed by atoms with van der Waals surface area (Å²) >= 11 is 9.44. The van der Waals surface area contributed by atoms with Gasteiger partial charge in [-0.05, 0) is 30.2 Å². The molecule has 0 aromatic heterocycles. The third-order valence-electron chi connectivity index (χ3n) is 4.20. The topological polar surface area (TPSA) is 53.8 Å². The molecule has 1 N–H and O–H groups in total. The van der Waals surface area contributed by atoms with Crippen LogP contribution in [0, 0.1) is 5.92 Å². The number of nitrogens with zero attached hydrogens (tertiary/aromatic N) is 2. The van der Waals surface area contributed by atoms with Gasteiger partial charge in [0.2, 0.25) is 5.91 Å². The second-order valence-corrected chi connectivity index (χ2v) is 8.53. The van der Waals surface area contributed by atoms with Crippen LogP contribution in [0.1, 0.15) is 11.1 Å². The molecule has 4 rings (SSSR count). The maximum atomic E-state index is 11.4. The summed E-state index contributed by atoms with van der Waals surface area (Å²) in [7, 11) is 0. The molecule has 0 spiro atoms. The summed E-state index contributed by atoms with van der Waals surface area (Å²) < 4.78 is 0. The Morgan fingerprint density at radius 2 is 1.96 bits per heavy atom. The third-order valence-corrected chi connectivity index (χ3v) is 6.54. The smallest absolute Gasteiger partial charge is 0.236 e. The number of amides is 1. The van der Waals surface area contributed by atoms with Gasteiger partial charge in [0, 0.05) is 27.2 Å². The Hall–Kier alpha value is -1.76. The first kappa shape index (κ1) is 17.6. The van der Waals surface area contributed by atoms with Gasteiger partial charge in [-0.2, -0.15) is 5.10 Å². The number of hydrogen-bond acceptors (Lipinski definition) is 5. The number of amidine groups is 1. The molecule has 26 heavy (non-hydrogen) atoms. The van der Waals surface area contributed by atoms with Crippen molar-refractivity contribution in [1.82, 2.24) is 5.32 Å². The quantitative estimate of drug-likeness (QED) is 0.783. The van der Waals surface area contributed by atoms with Crippen LogP contribution in [0.5, 0.6) is 0 Å². The van der Waals surface area contributed by atoms with Crippen LogP contribution in [-0.2, 0) is 11.2 Å². The van der Waals surface area contributed by atoms with E-state index in [1.807, 2.05) is 36.0 Å². The number of fused-ring (bicyclic) bond motifs is 1. The average Bonchev–Trinajstić information content (AvgIpc) is 3.07. The molecule has 132 valence electrons. The molecule has 2 aliphatic rings. The summed E-state index contributed by atoms with van der Waals surface area (Å²) in [6.07, 6.45) is 0.892. The van der Waals surface area contributed by atoms with Gasteiger partial charge in [-0.25, -0.2) is 0 Å². The third kappa shape index (κ3) is 3.98. The van der Waals surface area contributed by atoms with Crippen molar-refractivity contribution in [3.8, 4) is 0 Å². The summed E-state index contributed by atoms with van der Waals surface area (Å²) in [6.45, 7) is 0. The van der Waals surface area contributed by atoms with E-state index < -0.39 is 0 Å². The van der Waals surface area contributed by atoms with Gasteiger partial charge < -0.3 is 5.32 Å². The molecule has 2 aliphatic heterocycles. The number of halogens is 1. The van der Waals surface area contributed by atoms with E-state index in [-0.39, 0.29) is 11.8 Å². The lowest BCUT2D eigenvalue weighted by Crippen LogP contribution is -2.25. The lowest BCUT2D eigenvalue weighted by Gasteiger charge is -2.26. The summed E-state index contributed by atoms with van der Waals surface area (Å²) in [6, 6.07) is 16.3. The fraction of sp³-hybridized carbons (Fsp3) is 0.211. The van der Waals surface area contributed by atoms with E-state index in [9.17, 15) is 4.79 Å². The lowest BCUT2D eigenvalue weighted by molar-refractivity contribution is -0.116. The molecule has 1 unspecified atom stereocenters. The number of benzene rings is 2. The maximum absolute atomic E-state index is 11.4. The Labute approximate surface area is 165 Å². The van der Waals surface area contributed by atoms with Gasteiger partial charge in [0.15, 0.2) is 5.17 Å². The van der Waals surface area contributed by atoms with E-state index in [2.05, 4.69) is 39.8 Å². The number of hydrogen-bond donors (Lipinski definition) is 1. The van der Waals surface area contributed by atoms with Gasteiger partial charge in [-0.15, -0.1) is 16.9 Å². The van der Waals surface area contributed by atoms with Crippen molar-refractivity contribution >= 4 is 51.9 Å². The normalized spacial score (nSPS) is 22.5. The maximum Gasteiger partial charge on any atom is 0.236 e. The van der Waals surface area contributed by atoms with Gasteiger partial charge >= 0.3 is 0 Å². The van der Waals surface area contributed by atoms with E-state index >= 15 is 0 Å². The van der Waals surface area contributed by atoms with Gasteiger partial charge in [-0.3, -0.25) is 4.79 Å². The highest BCUT2D eigenvalue weighted by Gasteiger charge is 2.27. The van der Waals surface area contributed by atoms with Crippen LogP contribution in [0.15, 0.2) is 63.6 Å². The predicted molar refractivity (Wildman–Crippen MR) is 110 cm³/mol. The summed E-state index contributed by atoms with van der Waals surface area (Å²) in [4.78, 5) is 12.5. The lowest BCUT2D eigenvalue weighted by atomic mass is 9.91. The Morgan fingerprint density at radius 3 is 2.73 bits per heavy atom. The van der Waals surface area contributed by atoms with Crippen LogP contribution in [-0.4, -0.2) is 28.3 Å².